The van der Waals surface area contributed by atoms with Gasteiger partial charge in [0.05, 0.1) is 30.5 Å². The predicted molar refractivity (Wildman–Crippen MR) is 116 cm³/mol. The molecule has 1 fully saturated rings. The van der Waals surface area contributed by atoms with E-state index in [9.17, 15) is 13.2 Å². The fourth-order valence-corrected chi connectivity index (χ4v) is 7.00. The SMILES string of the molecule is Cc1cc(Cl)cc(Cl)c1S(=O)(=O)Nc1nc2c(s1)CN(C(=O)N1CCOCC1)CC2. The van der Waals surface area contributed by atoms with Gasteiger partial charge in [0.1, 0.15) is 4.90 Å². The zero-order chi connectivity index (χ0) is 21.5. The molecule has 2 aromatic rings. The van der Waals surface area contributed by atoms with Gasteiger partial charge in [0, 0.05) is 36.0 Å². The van der Waals surface area contributed by atoms with Gasteiger partial charge in [-0.05, 0) is 24.6 Å². The molecule has 0 saturated carbocycles. The molecular formula is C18H20Cl2N4O4S2. The number of nitrogens with zero attached hydrogens (tertiary/aromatic N) is 3. The van der Waals surface area contributed by atoms with Crippen molar-refractivity contribution in [2.24, 2.45) is 0 Å². The van der Waals surface area contributed by atoms with Gasteiger partial charge in [0.2, 0.25) is 0 Å². The molecule has 30 heavy (non-hydrogen) atoms. The monoisotopic (exact) mass is 490 g/mol. The highest BCUT2D eigenvalue weighted by Crippen LogP contribution is 2.33. The molecule has 8 nitrogen and oxygen atoms in total. The van der Waals surface area contributed by atoms with E-state index in [0.29, 0.717) is 56.4 Å². The van der Waals surface area contributed by atoms with E-state index in [-0.39, 0.29) is 21.1 Å². The molecule has 1 saturated heterocycles. The Morgan fingerprint density at radius 1 is 1.20 bits per heavy atom. The summed E-state index contributed by atoms with van der Waals surface area (Å²) in [5.41, 5.74) is 1.26. The number of fused-ring (bicyclic) bond motifs is 1. The third-order valence-electron chi connectivity index (χ3n) is 4.97. The van der Waals surface area contributed by atoms with Crippen LogP contribution in [0.2, 0.25) is 10.0 Å². The van der Waals surface area contributed by atoms with E-state index in [2.05, 4.69) is 9.71 Å². The van der Waals surface area contributed by atoms with Crippen molar-refractivity contribution in [3.8, 4) is 0 Å². The number of anilines is 1. The maximum atomic E-state index is 12.9. The lowest BCUT2D eigenvalue weighted by Crippen LogP contribution is -2.49. The molecule has 3 heterocycles. The standard InChI is InChI=1S/C18H20Cl2N4O4S2/c1-11-8-12(19)9-13(20)16(11)30(26,27)22-17-21-14-2-3-24(10-15(14)29-17)18(25)23-4-6-28-7-5-23/h8-9H,2-7,10H2,1H3,(H,21,22). The van der Waals surface area contributed by atoms with Crippen molar-refractivity contribution in [2.75, 3.05) is 37.6 Å². The van der Waals surface area contributed by atoms with Crippen LogP contribution in [0, 0.1) is 6.92 Å². The van der Waals surface area contributed by atoms with Gasteiger partial charge in [0.15, 0.2) is 5.13 Å². The molecule has 2 amide bonds. The Bertz CT molecular complexity index is 1060. The van der Waals surface area contributed by atoms with E-state index in [1.54, 1.807) is 22.8 Å². The number of carbonyl (C=O) groups is 1. The minimum absolute atomic E-state index is 0.0224. The van der Waals surface area contributed by atoms with E-state index < -0.39 is 10.0 Å². The Balaban J connectivity index is 1.51. The molecule has 162 valence electrons. The minimum atomic E-state index is -3.93. The second-order valence-corrected chi connectivity index (χ2v) is 10.6. The van der Waals surface area contributed by atoms with Crippen LogP contribution in [0.5, 0.6) is 0 Å². The number of morpholine rings is 1. The van der Waals surface area contributed by atoms with Gasteiger partial charge in [-0.2, -0.15) is 0 Å². The maximum absolute atomic E-state index is 12.9. The molecule has 0 radical (unpaired) electrons. The number of urea groups is 1. The lowest BCUT2D eigenvalue weighted by atomic mass is 10.2. The fourth-order valence-electron chi connectivity index (χ4n) is 3.55. The Labute approximate surface area is 188 Å². The third kappa shape index (κ3) is 4.38. The Kier molecular flexibility index (Phi) is 6.13. The number of sulfonamides is 1. The van der Waals surface area contributed by atoms with E-state index in [4.69, 9.17) is 27.9 Å². The van der Waals surface area contributed by atoms with Crippen LogP contribution in [-0.4, -0.2) is 62.1 Å². The van der Waals surface area contributed by atoms with Crippen molar-refractivity contribution in [1.82, 2.24) is 14.8 Å². The average molecular weight is 491 g/mol. The second kappa shape index (κ2) is 8.51. The Hall–Kier alpha value is -1.59. The number of hydrogen-bond acceptors (Lipinski definition) is 6. The first kappa shape index (κ1) is 21.6. The van der Waals surface area contributed by atoms with Crippen molar-refractivity contribution in [2.45, 2.75) is 24.8 Å². The van der Waals surface area contributed by atoms with E-state index >= 15 is 0 Å². The van der Waals surface area contributed by atoms with Gasteiger partial charge in [-0.3, -0.25) is 4.72 Å². The zero-order valence-corrected chi connectivity index (χ0v) is 19.3. The number of ether oxygens (including phenoxy) is 1. The molecular weight excluding hydrogens is 471 g/mol. The predicted octanol–water partition coefficient (Wildman–Crippen LogP) is 3.37. The number of thiazole rings is 1. The molecule has 1 N–H and O–H groups in total. The zero-order valence-electron chi connectivity index (χ0n) is 16.2. The number of nitrogens with one attached hydrogen (secondary N) is 1. The van der Waals surface area contributed by atoms with E-state index in [0.717, 1.165) is 10.6 Å². The van der Waals surface area contributed by atoms with Crippen LogP contribution in [0.1, 0.15) is 16.1 Å². The van der Waals surface area contributed by atoms with Crippen LogP contribution in [0.3, 0.4) is 0 Å². The number of aromatic nitrogens is 1. The topological polar surface area (TPSA) is 91.8 Å². The second-order valence-electron chi connectivity index (χ2n) is 7.08. The average Bonchev–Trinajstić information content (AvgIpc) is 3.07. The first-order valence-electron chi connectivity index (χ1n) is 9.33. The summed E-state index contributed by atoms with van der Waals surface area (Å²) in [4.78, 5) is 21.6. The highest BCUT2D eigenvalue weighted by molar-refractivity contribution is 7.93. The lowest BCUT2D eigenvalue weighted by molar-refractivity contribution is 0.0422. The van der Waals surface area contributed by atoms with Crippen LogP contribution in [0.25, 0.3) is 0 Å². The molecule has 0 aliphatic carbocycles. The molecule has 1 aromatic heterocycles. The number of halogens is 2. The highest BCUT2D eigenvalue weighted by Gasteiger charge is 2.29. The van der Waals surface area contributed by atoms with Crippen molar-refractivity contribution in [3.05, 3.63) is 38.3 Å². The summed E-state index contributed by atoms with van der Waals surface area (Å²) >= 11 is 13.3. The largest absolute Gasteiger partial charge is 0.378 e. The Morgan fingerprint density at radius 2 is 1.93 bits per heavy atom. The van der Waals surface area contributed by atoms with Gasteiger partial charge in [0.25, 0.3) is 10.0 Å². The van der Waals surface area contributed by atoms with Crippen molar-refractivity contribution >= 4 is 55.7 Å². The molecule has 2 aliphatic heterocycles. The number of benzene rings is 1. The molecule has 2 aliphatic rings. The van der Waals surface area contributed by atoms with Crippen LogP contribution in [-0.2, 0) is 27.7 Å². The Morgan fingerprint density at radius 3 is 2.63 bits per heavy atom. The molecule has 0 unspecified atom stereocenters. The summed E-state index contributed by atoms with van der Waals surface area (Å²) in [6.45, 7) is 4.84. The molecule has 0 atom stereocenters. The maximum Gasteiger partial charge on any atom is 0.320 e. The molecule has 4 rings (SSSR count). The first-order chi connectivity index (χ1) is 14.2. The fraction of sp³-hybridized carbons (Fsp3) is 0.444. The number of aryl methyl sites for hydroxylation is 1. The normalized spacial score (nSPS) is 17.0. The van der Waals surface area contributed by atoms with Gasteiger partial charge < -0.3 is 14.5 Å². The van der Waals surface area contributed by atoms with Gasteiger partial charge in [-0.1, -0.05) is 34.5 Å². The molecule has 12 heteroatoms. The summed E-state index contributed by atoms with van der Waals surface area (Å²) in [7, 11) is -3.93. The summed E-state index contributed by atoms with van der Waals surface area (Å²) < 4.78 is 33.6. The van der Waals surface area contributed by atoms with Crippen molar-refractivity contribution in [1.29, 1.82) is 0 Å². The number of rotatable bonds is 3. The summed E-state index contributed by atoms with van der Waals surface area (Å²) in [5, 5.41) is 0.674. The molecule has 1 aromatic carbocycles. The number of amides is 2. The number of hydrogen-bond donors (Lipinski definition) is 1. The van der Waals surface area contributed by atoms with Gasteiger partial charge in [-0.25, -0.2) is 18.2 Å². The van der Waals surface area contributed by atoms with Gasteiger partial charge >= 0.3 is 6.03 Å². The highest BCUT2D eigenvalue weighted by atomic mass is 35.5. The van der Waals surface area contributed by atoms with Crippen molar-refractivity contribution in [3.63, 3.8) is 0 Å². The third-order valence-corrected chi connectivity index (χ3v) is 8.26. The minimum Gasteiger partial charge on any atom is -0.378 e. The van der Waals surface area contributed by atoms with E-state index in [1.165, 1.54) is 17.4 Å². The summed E-state index contributed by atoms with van der Waals surface area (Å²) in [5.74, 6) is 0. The number of carbonyl (C=O) groups excluding carboxylic acids is 1. The molecule has 0 spiro atoms. The van der Waals surface area contributed by atoms with E-state index in [1.807, 2.05) is 0 Å². The van der Waals surface area contributed by atoms with Crippen molar-refractivity contribution < 1.29 is 17.9 Å². The summed E-state index contributed by atoms with van der Waals surface area (Å²) in [6.07, 6.45) is 0.574. The van der Waals surface area contributed by atoms with Crippen LogP contribution >= 0.6 is 34.5 Å². The van der Waals surface area contributed by atoms with Crippen LogP contribution < -0.4 is 4.72 Å². The molecule has 0 bridgehead atoms. The van der Waals surface area contributed by atoms with Crippen LogP contribution in [0.4, 0.5) is 9.93 Å². The quantitative estimate of drug-likeness (QED) is 0.711. The first-order valence-corrected chi connectivity index (χ1v) is 12.4. The van der Waals surface area contributed by atoms with Crippen LogP contribution in [0.15, 0.2) is 17.0 Å². The summed E-state index contributed by atoms with van der Waals surface area (Å²) in [6, 6.07) is 2.92. The smallest absolute Gasteiger partial charge is 0.320 e. The lowest BCUT2D eigenvalue weighted by Gasteiger charge is -2.34. The van der Waals surface area contributed by atoms with Gasteiger partial charge in [-0.15, -0.1) is 0 Å².